The smallest absolute Gasteiger partial charge is 0.306 e. The number of hydrogen-bond donors (Lipinski definition) is 0. The average molecular weight is 931 g/mol. The van der Waals surface area contributed by atoms with Gasteiger partial charge in [0.15, 0.2) is 6.10 Å². The van der Waals surface area contributed by atoms with Crippen molar-refractivity contribution in [2.75, 3.05) is 13.2 Å². The fourth-order valence-electron chi connectivity index (χ4n) is 7.31. The van der Waals surface area contributed by atoms with Gasteiger partial charge in [-0.15, -0.1) is 0 Å². The van der Waals surface area contributed by atoms with Gasteiger partial charge in [-0.2, -0.15) is 0 Å². The van der Waals surface area contributed by atoms with Crippen molar-refractivity contribution < 1.29 is 28.6 Å². The molecule has 382 valence electrons. The van der Waals surface area contributed by atoms with Crippen molar-refractivity contribution in [3.63, 3.8) is 0 Å². The quantitative estimate of drug-likeness (QED) is 0.0262. The van der Waals surface area contributed by atoms with E-state index in [9.17, 15) is 14.4 Å². The number of ether oxygens (including phenoxy) is 3. The van der Waals surface area contributed by atoms with Gasteiger partial charge in [-0.1, -0.05) is 201 Å². The van der Waals surface area contributed by atoms with Crippen LogP contribution in [0.25, 0.3) is 0 Å². The highest BCUT2D eigenvalue weighted by Gasteiger charge is 2.19. The van der Waals surface area contributed by atoms with E-state index in [0.717, 1.165) is 135 Å². The molecule has 6 heteroatoms. The van der Waals surface area contributed by atoms with Gasteiger partial charge in [0.05, 0.1) is 0 Å². The molecule has 0 aliphatic heterocycles. The summed E-state index contributed by atoms with van der Waals surface area (Å²) in [6.45, 7) is 6.50. The lowest BCUT2D eigenvalue weighted by Gasteiger charge is -2.18. The normalized spacial score (nSPS) is 12.8. The molecular weight excluding hydrogens is 829 g/mol. The van der Waals surface area contributed by atoms with Gasteiger partial charge in [-0.05, 0) is 128 Å². The zero-order valence-corrected chi connectivity index (χ0v) is 43.6. The van der Waals surface area contributed by atoms with Crippen molar-refractivity contribution in [3.8, 4) is 0 Å². The Balaban J connectivity index is 4.50. The van der Waals surface area contributed by atoms with E-state index < -0.39 is 6.10 Å². The predicted molar refractivity (Wildman–Crippen MR) is 288 cm³/mol. The molecule has 0 aliphatic carbocycles. The van der Waals surface area contributed by atoms with Crippen LogP contribution in [0.15, 0.2) is 97.2 Å². The van der Waals surface area contributed by atoms with Gasteiger partial charge in [0.2, 0.25) is 0 Å². The monoisotopic (exact) mass is 931 g/mol. The van der Waals surface area contributed by atoms with Crippen LogP contribution in [0.1, 0.15) is 252 Å². The molecule has 0 fully saturated rings. The molecule has 1 atom stereocenters. The standard InChI is InChI=1S/C61H102O6/c1-4-7-10-13-16-19-22-25-28-29-30-31-34-36-39-42-45-48-51-54-60(63)66-57-58(67-61(64)55-52-49-46-43-40-37-33-27-24-21-18-15-12-9-6-3)56-65-59(62)53-50-47-44-41-38-35-32-26-23-20-17-14-11-8-5-2/h16-21,25-28,30-33,36,39,58H,4-15,22-24,29,34-35,37-38,40-57H2,1-3H3. The molecule has 0 rings (SSSR count). The second-order valence-corrected chi connectivity index (χ2v) is 18.1. The zero-order valence-electron chi connectivity index (χ0n) is 43.6. The Hall–Kier alpha value is -3.67. The summed E-state index contributed by atoms with van der Waals surface area (Å²) < 4.78 is 16.8. The number of carbonyl (C=O) groups is 3. The summed E-state index contributed by atoms with van der Waals surface area (Å²) in [5.41, 5.74) is 0. The van der Waals surface area contributed by atoms with Crippen LogP contribution in [0.5, 0.6) is 0 Å². The summed E-state index contributed by atoms with van der Waals surface area (Å²) in [5.74, 6) is -0.960. The summed E-state index contributed by atoms with van der Waals surface area (Å²) in [4.78, 5) is 38.1. The first-order chi connectivity index (χ1) is 33.0. The molecule has 0 aromatic carbocycles. The maximum absolute atomic E-state index is 12.8. The molecule has 0 aromatic rings. The number of hydrogen-bond acceptors (Lipinski definition) is 6. The van der Waals surface area contributed by atoms with E-state index in [0.29, 0.717) is 19.3 Å². The highest BCUT2D eigenvalue weighted by Crippen LogP contribution is 2.13. The summed E-state index contributed by atoms with van der Waals surface area (Å²) in [5, 5.41) is 0. The first kappa shape index (κ1) is 63.3. The highest BCUT2D eigenvalue weighted by molar-refractivity contribution is 5.71. The van der Waals surface area contributed by atoms with Crippen molar-refractivity contribution in [1.82, 2.24) is 0 Å². The summed E-state index contributed by atoms with van der Waals surface area (Å²) >= 11 is 0. The van der Waals surface area contributed by atoms with Gasteiger partial charge in [0.25, 0.3) is 0 Å². The number of rotatable bonds is 49. The third-order valence-electron chi connectivity index (χ3n) is 11.5. The fourth-order valence-corrected chi connectivity index (χ4v) is 7.31. The maximum atomic E-state index is 12.8. The van der Waals surface area contributed by atoms with Crippen LogP contribution in [0.4, 0.5) is 0 Å². The summed E-state index contributed by atoms with van der Waals surface area (Å²) in [6.07, 6.45) is 72.4. The predicted octanol–water partition coefficient (Wildman–Crippen LogP) is 18.5. The Labute approximate surface area is 413 Å². The highest BCUT2D eigenvalue weighted by atomic mass is 16.6. The number of unbranched alkanes of at least 4 members (excludes halogenated alkanes) is 22. The summed E-state index contributed by atoms with van der Waals surface area (Å²) in [6, 6.07) is 0. The number of carbonyl (C=O) groups excluding carboxylic acids is 3. The minimum Gasteiger partial charge on any atom is -0.462 e. The van der Waals surface area contributed by atoms with E-state index in [-0.39, 0.29) is 31.1 Å². The van der Waals surface area contributed by atoms with Crippen LogP contribution in [-0.4, -0.2) is 37.2 Å². The van der Waals surface area contributed by atoms with Crippen molar-refractivity contribution in [1.29, 1.82) is 0 Å². The van der Waals surface area contributed by atoms with E-state index >= 15 is 0 Å². The Bertz CT molecular complexity index is 1350. The molecular formula is C61H102O6. The zero-order chi connectivity index (χ0) is 48.6. The van der Waals surface area contributed by atoms with E-state index in [1.807, 2.05) is 0 Å². The van der Waals surface area contributed by atoms with E-state index in [1.165, 1.54) is 77.0 Å². The van der Waals surface area contributed by atoms with Crippen molar-refractivity contribution >= 4 is 17.9 Å². The SMILES string of the molecule is CCCCCC=CCC=CCC=CCC=CCCCCCC(=O)OCC(COC(=O)CCCCCCCC=CCC=CCCCCC)OC(=O)CCCCCCCC=CCC=CCCCCC. The van der Waals surface area contributed by atoms with E-state index in [1.54, 1.807) is 0 Å². The van der Waals surface area contributed by atoms with Crippen molar-refractivity contribution in [2.45, 2.75) is 258 Å². The van der Waals surface area contributed by atoms with E-state index in [2.05, 4.69) is 118 Å². The maximum Gasteiger partial charge on any atom is 0.306 e. The topological polar surface area (TPSA) is 78.9 Å². The van der Waals surface area contributed by atoms with Crippen LogP contribution in [0.2, 0.25) is 0 Å². The van der Waals surface area contributed by atoms with Crippen molar-refractivity contribution in [3.05, 3.63) is 97.2 Å². The number of allylic oxidation sites excluding steroid dienone is 16. The molecule has 0 radical (unpaired) electrons. The second-order valence-electron chi connectivity index (χ2n) is 18.1. The third-order valence-corrected chi connectivity index (χ3v) is 11.5. The Morgan fingerprint density at radius 2 is 0.537 bits per heavy atom. The van der Waals surface area contributed by atoms with Gasteiger partial charge < -0.3 is 14.2 Å². The molecule has 0 N–H and O–H groups in total. The van der Waals surface area contributed by atoms with Crippen molar-refractivity contribution in [2.24, 2.45) is 0 Å². The molecule has 0 amide bonds. The average Bonchev–Trinajstić information content (AvgIpc) is 3.33. The molecule has 0 spiro atoms. The lowest BCUT2D eigenvalue weighted by Crippen LogP contribution is -2.30. The third kappa shape index (κ3) is 53.2. The van der Waals surface area contributed by atoms with Gasteiger partial charge in [0, 0.05) is 19.3 Å². The van der Waals surface area contributed by atoms with E-state index in [4.69, 9.17) is 14.2 Å². The fraction of sp³-hybridized carbons (Fsp3) is 0.689. The minimum atomic E-state index is -0.805. The second kappa shape index (κ2) is 54.9. The Morgan fingerprint density at radius 3 is 0.851 bits per heavy atom. The van der Waals surface area contributed by atoms with Crippen LogP contribution < -0.4 is 0 Å². The first-order valence-electron chi connectivity index (χ1n) is 27.7. The molecule has 0 saturated heterocycles. The molecule has 0 aromatic heterocycles. The molecule has 67 heavy (non-hydrogen) atoms. The Kier molecular flexibility index (Phi) is 51.9. The molecule has 0 bridgehead atoms. The lowest BCUT2D eigenvalue weighted by atomic mass is 10.1. The summed E-state index contributed by atoms with van der Waals surface area (Å²) in [7, 11) is 0. The largest absolute Gasteiger partial charge is 0.462 e. The molecule has 1 unspecified atom stereocenters. The van der Waals surface area contributed by atoms with Crippen LogP contribution in [-0.2, 0) is 28.6 Å². The lowest BCUT2D eigenvalue weighted by molar-refractivity contribution is -0.167. The minimum absolute atomic E-state index is 0.102. The molecule has 0 saturated carbocycles. The van der Waals surface area contributed by atoms with Gasteiger partial charge in [-0.3, -0.25) is 14.4 Å². The van der Waals surface area contributed by atoms with Crippen LogP contribution >= 0.6 is 0 Å². The van der Waals surface area contributed by atoms with Gasteiger partial charge >= 0.3 is 17.9 Å². The van der Waals surface area contributed by atoms with Gasteiger partial charge in [0.1, 0.15) is 13.2 Å². The number of esters is 3. The molecule has 6 nitrogen and oxygen atoms in total. The molecule has 0 heterocycles. The van der Waals surface area contributed by atoms with Gasteiger partial charge in [-0.25, -0.2) is 0 Å². The first-order valence-corrected chi connectivity index (χ1v) is 27.7. The van der Waals surface area contributed by atoms with Crippen LogP contribution in [0, 0.1) is 0 Å². The van der Waals surface area contributed by atoms with Crippen LogP contribution in [0.3, 0.4) is 0 Å². The molecule has 0 aliphatic rings. The Morgan fingerprint density at radius 1 is 0.299 bits per heavy atom.